The first-order chi connectivity index (χ1) is 16.4. The molecule has 182 valence electrons. The van der Waals surface area contributed by atoms with Crippen LogP contribution in [0.25, 0.3) is 0 Å². The van der Waals surface area contributed by atoms with Crippen molar-refractivity contribution in [1.82, 2.24) is 24.9 Å². The fourth-order valence-electron chi connectivity index (χ4n) is 4.87. The summed E-state index contributed by atoms with van der Waals surface area (Å²) >= 11 is 0. The molecule has 0 radical (unpaired) electrons. The smallest absolute Gasteiger partial charge is 0.274 e. The minimum absolute atomic E-state index is 0.0347. The average molecular weight is 466 g/mol. The molecule has 3 amide bonds. The molecule has 2 aliphatic rings. The number of hydrogen-bond donors (Lipinski definition) is 1. The van der Waals surface area contributed by atoms with E-state index in [1.165, 1.54) is 5.56 Å². The van der Waals surface area contributed by atoms with E-state index < -0.39 is 0 Å². The van der Waals surface area contributed by atoms with E-state index in [4.69, 9.17) is 0 Å². The third-order valence-corrected chi connectivity index (χ3v) is 6.87. The Bertz CT molecular complexity index is 1030. The number of aryl methyl sites for hydroxylation is 2. The van der Waals surface area contributed by atoms with E-state index in [1.807, 2.05) is 37.1 Å². The van der Waals surface area contributed by atoms with Crippen LogP contribution in [-0.2, 0) is 36.0 Å². The summed E-state index contributed by atoms with van der Waals surface area (Å²) in [7, 11) is 1.86. The zero-order valence-corrected chi connectivity index (χ0v) is 20.3. The van der Waals surface area contributed by atoms with Gasteiger partial charge in [-0.25, -0.2) is 0 Å². The van der Waals surface area contributed by atoms with Gasteiger partial charge in [0.15, 0.2) is 5.69 Å². The zero-order valence-electron chi connectivity index (χ0n) is 20.3. The quantitative estimate of drug-likeness (QED) is 0.649. The Morgan fingerprint density at radius 3 is 2.50 bits per heavy atom. The molecule has 2 aliphatic heterocycles. The highest BCUT2D eigenvalue weighted by molar-refractivity contribution is 5.94. The van der Waals surface area contributed by atoms with Gasteiger partial charge in [-0.1, -0.05) is 30.3 Å². The lowest BCUT2D eigenvalue weighted by Gasteiger charge is -2.28. The number of rotatable bonds is 8. The van der Waals surface area contributed by atoms with Crippen molar-refractivity contribution in [2.45, 2.75) is 64.5 Å². The molecule has 4 rings (SSSR count). The van der Waals surface area contributed by atoms with Crippen molar-refractivity contribution in [3.63, 3.8) is 0 Å². The summed E-state index contributed by atoms with van der Waals surface area (Å²) in [4.78, 5) is 41.9. The minimum Gasteiger partial charge on any atom is -0.354 e. The standard InChI is InChI=1S/C26H35N5O3/c1-19(10-11-20-8-4-3-5-9-20)27-23(32)12-13-24(33)31-17-14-22-21(18-31)25(28-29(22)2)26(34)30-15-6-7-16-30/h3-5,8-9,19H,6-7,10-18H2,1-2H3,(H,27,32)/t19-/m1/s1. The number of likely N-dealkylation sites (tertiary alicyclic amines) is 1. The second-order valence-electron chi connectivity index (χ2n) is 9.45. The average Bonchev–Trinajstić information content (AvgIpc) is 3.50. The first kappa shape index (κ1) is 24.0. The lowest BCUT2D eigenvalue weighted by Crippen LogP contribution is -2.38. The van der Waals surface area contributed by atoms with Crippen molar-refractivity contribution in [3.8, 4) is 0 Å². The maximum Gasteiger partial charge on any atom is 0.274 e. The van der Waals surface area contributed by atoms with Gasteiger partial charge in [0.05, 0.1) is 0 Å². The predicted molar refractivity (Wildman–Crippen MR) is 129 cm³/mol. The van der Waals surface area contributed by atoms with Crippen molar-refractivity contribution in [2.75, 3.05) is 19.6 Å². The highest BCUT2D eigenvalue weighted by atomic mass is 16.2. The summed E-state index contributed by atoms with van der Waals surface area (Å²) in [6.07, 6.45) is 4.82. The number of aromatic nitrogens is 2. The molecule has 0 saturated carbocycles. The third kappa shape index (κ3) is 5.66. The minimum atomic E-state index is -0.0992. The molecular weight excluding hydrogens is 430 g/mol. The Morgan fingerprint density at radius 2 is 1.76 bits per heavy atom. The Morgan fingerprint density at radius 1 is 1.03 bits per heavy atom. The van der Waals surface area contributed by atoms with Crippen LogP contribution in [0.3, 0.4) is 0 Å². The van der Waals surface area contributed by atoms with E-state index >= 15 is 0 Å². The molecule has 1 fully saturated rings. The van der Waals surface area contributed by atoms with Crippen LogP contribution in [-0.4, -0.2) is 63.0 Å². The number of benzene rings is 1. The number of carbonyl (C=O) groups excluding carboxylic acids is 3. The second kappa shape index (κ2) is 10.8. The predicted octanol–water partition coefficient (Wildman–Crippen LogP) is 2.46. The fraction of sp³-hybridized carbons (Fsp3) is 0.538. The molecule has 34 heavy (non-hydrogen) atoms. The first-order valence-electron chi connectivity index (χ1n) is 12.4. The summed E-state index contributed by atoms with van der Waals surface area (Å²) in [5, 5.41) is 7.51. The zero-order chi connectivity index (χ0) is 24.1. The van der Waals surface area contributed by atoms with Gasteiger partial charge in [0, 0.05) is 69.8 Å². The van der Waals surface area contributed by atoms with Gasteiger partial charge in [-0.15, -0.1) is 0 Å². The van der Waals surface area contributed by atoms with Crippen LogP contribution in [0.4, 0.5) is 0 Å². The lowest BCUT2D eigenvalue weighted by molar-refractivity contribution is -0.134. The molecule has 1 saturated heterocycles. The van der Waals surface area contributed by atoms with Crippen LogP contribution in [0, 0.1) is 0 Å². The topological polar surface area (TPSA) is 87.5 Å². The van der Waals surface area contributed by atoms with Crippen molar-refractivity contribution in [1.29, 1.82) is 0 Å². The second-order valence-corrected chi connectivity index (χ2v) is 9.45. The highest BCUT2D eigenvalue weighted by Gasteiger charge is 2.32. The van der Waals surface area contributed by atoms with E-state index in [9.17, 15) is 14.4 Å². The van der Waals surface area contributed by atoms with Crippen molar-refractivity contribution >= 4 is 17.7 Å². The summed E-state index contributed by atoms with van der Waals surface area (Å²) in [6.45, 7) is 4.50. The van der Waals surface area contributed by atoms with Crippen LogP contribution in [0.2, 0.25) is 0 Å². The molecule has 3 heterocycles. The molecule has 1 aromatic heterocycles. The summed E-state index contributed by atoms with van der Waals surface area (Å²) in [5.41, 5.74) is 3.61. The molecule has 1 aromatic carbocycles. The van der Waals surface area contributed by atoms with E-state index in [0.717, 1.165) is 50.0 Å². The molecule has 8 nitrogen and oxygen atoms in total. The molecular formula is C26H35N5O3. The maximum absolute atomic E-state index is 13.0. The van der Waals surface area contributed by atoms with Crippen LogP contribution in [0.1, 0.15) is 66.3 Å². The van der Waals surface area contributed by atoms with Crippen molar-refractivity contribution in [3.05, 3.63) is 52.8 Å². The Kier molecular flexibility index (Phi) is 7.65. The molecule has 2 aromatic rings. The van der Waals surface area contributed by atoms with Crippen LogP contribution in [0.15, 0.2) is 30.3 Å². The Hall–Kier alpha value is -3.16. The monoisotopic (exact) mass is 465 g/mol. The van der Waals surface area contributed by atoms with Gasteiger partial charge in [-0.3, -0.25) is 19.1 Å². The largest absolute Gasteiger partial charge is 0.354 e. The molecule has 0 aliphatic carbocycles. The van der Waals surface area contributed by atoms with Gasteiger partial charge in [0.1, 0.15) is 0 Å². The van der Waals surface area contributed by atoms with Gasteiger partial charge in [0.2, 0.25) is 11.8 Å². The third-order valence-electron chi connectivity index (χ3n) is 6.87. The SMILES string of the molecule is C[C@H](CCc1ccccc1)NC(=O)CCC(=O)N1CCc2c(c(C(=O)N3CCCC3)nn2C)C1. The van der Waals surface area contributed by atoms with Gasteiger partial charge >= 0.3 is 0 Å². The molecule has 0 spiro atoms. The van der Waals surface area contributed by atoms with Crippen molar-refractivity contribution in [2.24, 2.45) is 7.05 Å². The summed E-state index contributed by atoms with van der Waals surface area (Å²) < 4.78 is 1.78. The van der Waals surface area contributed by atoms with Gasteiger partial charge in [-0.2, -0.15) is 5.10 Å². The molecule has 1 N–H and O–H groups in total. The van der Waals surface area contributed by atoms with E-state index in [2.05, 4.69) is 22.5 Å². The van der Waals surface area contributed by atoms with Gasteiger partial charge < -0.3 is 15.1 Å². The highest BCUT2D eigenvalue weighted by Crippen LogP contribution is 2.25. The van der Waals surface area contributed by atoms with E-state index in [0.29, 0.717) is 25.2 Å². The summed E-state index contributed by atoms with van der Waals surface area (Å²) in [6, 6.07) is 10.3. The molecule has 0 unspecified atom stereocenters. The van der Waals surface area contributed by atoms with Crippen LogP contribution >= 0.6 is 0 Å². The van der Waals surface area contributed by atoms with Crippen LogP contribution in [0.5, 0.6) is 0 Å². The number of fused-ring (bicyclic) bond motifs is 1. The van der Waals surface area contributed by atoms with Crippen LogP contribution < -0.4 is 5.32 Å². The molecule has 1 atom stereocenters. The van der Waals surface area contributed by atoms with E-state index in [-0.39, 0.29) is 36.6 Å². The number of carbonyl (C=O) groups is 3. The van der Waals surface area contributed by atoms with E-state index in [1.54, 1.807) is 9.58 Å². The number of nitrogens with zero attached hydrogens (tertiary/aromatic N) is 4. The number of hydrogen-bond acceptors (Lipinski definition) is 4. The van der Waals surface area contributed by atoms with Gasteiger partial charge in [0.25, 0.3) is 5.91 Å². The number of nitrogens with one attached hydrogen (secondary N) is 1. The molecule has 0 bridgehead atoms. The maximum atomic E-state index is 13.0. The van der Waals surface area contributed by atoms with Gasteiger partial charge in [-0.05, 0) is 38.2 Å². The Balaban J connectivity index is 1.27. The normalized spacial score (nSPS) is 16.3. The summed E-state index contributed by atoms with van der Waals surface area (Å²) in [5.74, 6) is -0.188. The number of amides is 3. The van der Waals surface area contributed by atoms with Crippen molar-refractivity contribution < 1.29 is 14.4 Å². The first-order valence-corrected chi connectivity index (χ1v) is 12.4. The molecule has 8 heteroatoms. The fourth-order valence-corrected chi connectivity index (χ4v) is 4.87. The lowest BCUT2D eigenvalue weighted by atomic mass is 10.0. The Labute approximate surface area is 201 Å².